The van der Waals surface area contributed by atoms with Gasteiger partial charge in [0.15, 0.2) is 0 Å². The first kappa shape index (κ1) is 21.3. The van der Waals surface area contributed by atoms with Gasteiger partial charge in [0.25, 0.3) is 0 Å². The lowest BCUT2D eigenvalue weighted by Gasteiger charge is -2.21. The molecule has 6 heteroatoms. The van der Waals surface area contributed by atoms with Crippen LogP contribution in [0.2, 0.25) is 0 Å². The van der Waals surface area contributed by atoms with E-state index in [-0.39, 0.29) is 17.2 Å². The predicted molar refractivity (Wildman–Crippen MR) is 130 cm³/mol. The molecule has 1 N–H and O–H groups in total. The van der Waals surface area contributed by atoms with E-state index >= 15 is 0 Å². The molecular weight excluding hydrogens is 414 g/mol. The van der Waals surface area contributed by atoms with Crippen molar-refractivity contribution in [3.8, 4) is 0 Å². The van der Waals surface area contributed by atoms with Crippen molar-refractivity contribution >= 4 is 28.3 Å². The van der Waals surface area contributed by atoms with Crippen LogP contribution in [0.25, 0.3) is 10.9 Å². The molecule has 2 aromatic carbocycles. The molecular formula is C27H29N3O3. The first-order chi connectivity index (χ1) is 15.7. The van der Waals surface area contributed by atoms with Gasteiger partial charge in [-0.25, -0.2) is 9.86 Å². The minimum absolute atomic E-state index is 0.0687. The number of hydrogen-bond acceptors (Lipinski definition) is 5. The Balaban J connectivity index is 1.57. The van der Waals surface area contributed by atoms with E-state index in [2.05, 4.69) is 31.0 Å². The Morgan fingerprint density at radius 3 is 2.64 bits per heavy atom. The fourth-order valence-electron chi connectivity index (χ4n) is 4.99. The van der Waals surface area contributed by atoms with Crippen molar-refractivity contribution in [2.45, 2.75) is 38.5 Å². The third kappa shape index (κ3) is 3.69. The molecule has 0 spiro atoms. The number of aryl methyl sites for hydroxylation is 1. The van der Waals surface area contributed by atoms with E-state index in [1.807, 2.05) is 43.4 Å². The van der Waals surface area contributed by atoms with Crippen LogP contribution in [-0.4, -0.2) is 42.3 Å². The molecule has 0 bridgehead atoms. The van der Waals surface area contributed by atoms with Crippen molar-refractivity contribution < 1.29 is 14.4 Å². The van der Waals surface area contributed by atoms with Crippen molar-refractivity contribution in [3.05, 3.63) is 76.6 Å². The van der Waals surface area contributed by atoms with E-state index in [1.54, 1.807) is 17.2 Å². The third-order valence-electron chi connectivity index (χ3n) is 6.57. The molecule has 3 aromatic rings. The SMILES string of the molecule is CN(C)/C=C1/CCCc2c([nH]c3cc4c(cc23)N(OC(=O)c2ccccc2)CC4(C)C)C1=O. The molecule has 2 heterocycles. The molecule has 1 aromatic heterocycles. The highest BCUT2D eigenvalue weighted by Crippen LogP contribution is 2.44. The van der Waals surface area contributed by atoms with Gasteiger partial charge in [-0.1, -0.05) is 32.0 Å². The number of aromatic nitrogens is 1. The Labute approximate surface area is 193 Å². The maximum absolute atomic E-state index is 13.3. The van der Waals surface area contributed by atoms with Gasteiger partial charge >= 0.3 is 5.97 Å². The van der Waals surface area contributed by atoms with Crippen molar-refractivity contribution in [2.75, 3.05) is 25.7 Å². The number of fused-ring (bicyclic) bond motifs is 4. The zero-order valence-electron chi connectivity index (χ0n) is 19.6. The molecule has 0 fully saturated rings. The quantitative estimate of drug-likeness (QED) is 0.456. The van der Waals surface area contributed by atoms with Crippen LogP contribution >= 0.6 is 0 Å². The number of carbonyl (C=O) groups is 2. The Hall–Kier alpha value is -3.54. The van der Waals surface area contributed by atoms with E-state index in [4.69, 9.17) is 4.84 Å². The topological polar surface area (TPSA) is 65.6 Å². The van der Waals surface area contributed by atoms with Crippen molar-refractivity contribution in [3.63, 3.8) is 0 Å². The molecule has 0 radical (unpaired) electrons. The van der Waals surface area contributed by atoms with Crippen LogP contribution in [0.5, 0.6) is 0 Å². The summed E-state index contributed by atoms with van der Waals surface area (Å²) in [4.78, 5) is 37.2. The van der Waals surface area contributed by atoms with Crippen LogP contribution in [0.3, 0.4) is 0 Å². The zero-order chi connectivity index (χ0) is 23.3. The maximum Gasteiger partial charge on any atom is 0.363 e. The number of hydrogen-bond donors (Lipinski definition) is 1. The number of anilines is 1. The number of nitrogens with one attached hydrogen (secondary N) is 1. The highest BCUT2D eigenvalue weighted by molar-refractivity contribution is 6.12. The maximum atomic E-state index is 13.3. The average molecular weight is 444 g/mol. The smallest absolute Gasteiger partial charge is 0.363 e. The summed E-state index contributed by atoms with van der Waals surface area (Å²) in [6.07, 6.45) is 4.44. The molecule has 2 aliphatic rings. The molecule has 5 rings (SSSR count). The average Bonchev–Trinajstić information content (AvgIpc) is 3.20. The van der Waals surface area contributed by atoms with Crippen molar-refractivity contribution in [1.29, 1.82) is 0 Å². The van der Waals surface area contributed by atoms with Gasteiger partial charge in [0, 0.05) is 42.2 Å². The molecule has 0 amide bonds. The number of nitrogens with zero attached hydrogens (tertiary/aromatic N) is 2. The van der Waals surface area contributed by atoms with E-state index in [0.29, 0.717) is 17.8 Å². The third-order valence-corrected chi connectivity index (χ3v) is 6.57. The molecule has 0 atom stereocenters. The summed E-state index contributed by atoms with van der Waals surface area (Å²) in [6.45, 7) is 4.86. The Kier molecular flexibility index (Phi) is 5.04. The molecule has 0 unspecified atom stereocenters. The standard InChI is InChI=1S/C27H29N3O3/c1-27(2)16-30(33-26(32)17-9-6-5-7-10-17)23-13-20-19-12-8-11-18(15-29(3)4)25(31)24(19)28-22(20)14-21(23)27/h5-7,9-10,13-15,28H,8,11-12,16H2,1-4H3/b18-15-. The number of allylic oxidation sites excluding steroid dienone is 1. The fraction of sp³-hybridized carbons (Fsp3) is 0.333. The zero-order valence-corrected chi connectivity index (χ0v) is 19.6. The Morgan fingerprint density at radius 2 is 1.91 bits per heavy atom. The van der Waals surface area contributed by atoms with Crippen LogP contribution in [0.15, 0.2) is 54.2 Å². The van der Waals surface area contributed by atoms with Gasteiger partial charge in [-0.15, -0.1) is 0 Å². The monoisotopic (exact) mass is 443 g/mol. The van der Waals surface area contributed by atoms with Crippen LogP contribution in [-0.2, 0) is 16.7 Å². The molecule has 6 nitrogen and oxygen atoms in total. The lowest BCUT2D eigenvalue weighted by molar-refractivity contribution is 0.0449. The van der Waals surface area contributed by atoms with Crippen LogP contribution in [0.4, 0.5) is 5.69 Å². The molecule has 33 heavy (non-hydrogen) atoms. The number of aromatic amines is 1. The van der Waals surface area contributed by atoms with Gasteiger partial charge in [0.1, 0.15) is 0 Å². The second-order valence-electron chi connectivity index (χ2n) is 9.86. The van der Waals surface area contributed by atoms with Gasteiger partial charge in [-0.05, 0) is 54.7 Å². The predicted octanol–water partition coefficient (Wildman–Crippen LogP) is 5.00. The second-order valence-corrected chi connectivity index (χ2v) is 9.86. The second kappa shape index (κ2) is 7.80. The van der Waals surface area contributed by atoms with Crippen LogP contribution < -0.4 is 5.06 Å². The largest absolute Gasteiger partial charge is 0.383 e. The minimum atomic E-state index is -0.374. The molecule has 1 aliphatic carbocycles. The summed E-state index contributed by atoms with van der Waals surface area (Å²) in [6, 6.07) is 13.2. The van der Waals surface area contributed by atoms with Crippen molar-refractivity contribution in [2.24, 2.45) is 0 Å². The Morgan fingerprint density at radius 1 is 1.15 bits per heavy atom. The van der Waals surface area contributed by atoms with Gasteiger partial charge in [-0.2, -0.15) is 0 Å². The summed E-state index contributed by atoms with van der Waals surface area (Å²) in [5.74, 6) is -0.305. The summed E-state index contributed by atoms with van der Waals surface area (Å²) in [5.41, 5.74) is 5.83. The first-order valence-electron chi connectivity index (χ1n) is 11.4. The molecule has 0 saturated heterocycles. The normalized spacial score (nSPS) is 18.2. The summed E-state index contributed by atoms with van der Waals surface area (Å²) >= 11 is 0. The number of carbonyl (C=O) groups excluding carboxylic acids is 2. The van der Waals surface area contributed by atoms with E-state index < -0.39 is 0 Å². The summed E-state index contributed by atoms with van der Waals surface area (Å²) < 4.78 is 0. The lowest BCUT2D eigenvalue weighted by atomic mass is 9.86. The van der Waals surface area contributed by atoms with E-state index in [9.17, 15) is 9.59 Å². The molecule has 0 saturated carbocycles. The van der Waals surface area contributed by atoms with Crippen molar-refractivity contribution in [1.82, 2.24) is 9.88 Å². The first-order valence-corrected chi connectivity index (χ1v) is 11.4. The van der Waals surface area contributed by atoms with Crippen LogP contribution in [0.1, 0.15) is 58.7 Å². The molecule has 1 aliphatic heterocycles. The van der Waals surface area contributed by atoms with Gasteiger partial charge in [0.05, 0.1) is 23.5 Å². The highest BCUT2D eigenvalue weighted by atomic mass is 16.7. The van der Waals surface area contributed by atoms with Crippen LogP contribution in [0, 0.1) is 0 Å². The molecule has 170 valence electrons. The number of Topliss-reactive ketones (excluding diaryl/α,β-unsaturated/α-hetero) is 1. The van der Waals surface area contributed by atoms with Gasteiger partial charge < -0.3 is 14.7 Å². The van der Waals surface area contributed by atoms with E-state index in [1.165, 1.54) is 0 Å². The van der Waals surface area contributed by atoms with E-state index in [0.717, 1.165) is 52.6 Å². The minimum Gasteiger partial charge on any atom is -0.383 e. The number of H-pyrrole nitrogens is 1. The number of ketones is 1. The summed E-state index contributed by atoms with van der Waals surface area (Å²) in [5, 5.41) is 2.74. The number of hydroxylamine groups is 1. The summed E-state index contributed by atoms with van der Waals surface area (Å²) in [7, 11) is 3.88. The Bertz CT molecular complexity index is 1280. The van der Waals surface area contributed by atoms with Gasteiger partial charge in [0.2, 0.25) is 5.78 Å². The number of rotatable bonds is 3. The fourth-order valence-corrected chi connectivity index (χ4v) is 4.99. The van der Waals surface area contributed by atoms with Gasteiger partial charge in [-0.3, -0.25) is 4.79 Å². The highest BCUT2D eigenvalue weighted by Gasteiger charge is 2.39. The number of benzene rings is 2. The lowest BCUT2D eigenvalue weighted by Crippen LogP contribution is -2.31.